The first kappa shape index (κ1) is 42.4. The molecule has 2 unspecified atom stereocenters. The van der Waals surface area contributed by atoms with E-state index >= 15 is 0 Å². The number of rotatable bonds is 18. The first-order chi connectivity index (χ1) is 28.0. The number of nitrogens with zero attached hydrogens (tertiary/aromatic N) is 2. The predicted octanol–water partition coefficient (Wildman–Crippen LogP) is 15.2. The van der Waals surface area contributed by atoms with Crippen molar-refractivity contribution >= 4 is 0 Å². The summed E-state index contributed by atoms with van der Waals surface area (Å²) >= 11 is 0. The molecule has 57 heavy (non-hydrogen) atoms. The normalized spacial score (nSPS) is 20.7. The fraction of sp³-hybridized carbons (Fsp3) is 0.519. The van der Waals surface area contributed by atoms with Crippen molar-refractivity contribution < 1.29 is 4.74 Å². The summed E-state index contributed by atoms with van der Waals surface area (Å²) in [4.78, 5) is 0. The lowest BCUT2D eigenvalue weighted by Gasteiger charge is -2.31. The molecule has 0 radical (unpaired) electrons. The van der Waals surface area contributed by atoms with Crippen molar-refractivity contribution in [1.29, 1.82) is 10.5 Å². The Hall–Kier alpha value is -4.18. The van der Waals surface area contributed by atoms with Crippen LogP contribution >= 0.6 is 0 Å². The number of hydrogen-bond donors (Lipinski definition) is 0. The van der Waals surface area contributed by atoms with Crippen LogP contribution in [-0.2, 0) is 17.6 Å². The Balaban J connectivity index is 1.33. The average molecular weight is 761 g/mol. The van der Waals surface area contributed by atoms with Gasteiger partial charge in [-0.25, -0.2) is 0 Å². The summed E-state index contributed by atoms with van der Waals surface area (Å²) in [6.45, 7) is 8.93. The zero-order chi connectivity index (χ0) is 40.0. The van der Waals surface area contributed by atoms with Gasteiger partial charge in [-0.1, -0.05) is 152 Å². The molecule has 0 aromatic heterocycles. The molecule has 300 valence electrons. The molecule has 2 aliphatic rings. The third-order valence-electron chi connectivity index (χ3n) is 13.7. The van der Waals surface area contributed by atoms with Gasteiger partial charge in [-0.2, -0.15) is 10.5 Å². The fourth-order valence-electron chi connectivity index (χ4n) is 9.90. The Labute approximate surface area is 345 Å². The largest absolute Gasteiger partial charge is 0.356 e. The second-order valence-corrected chi connectivity index (χ2v) is 17.4. The van der Waals surface area contributed by atoms with Crippen LogP contribution in [0.2, 0.25) is 0 Å². The van der Waals surface area contributed by atoms with Crippen LogP contribution in [0.15, 0.2) is 84.9 Å². The third kappa shape index (κ3) is 11.1. The van der Waals surface area contributed by atoms with Crippen LogP contribution in [0.4, 0.5) is 0 Å². The second kappa shape index (κ2) is 21.5. The highest BCUT2D eigenvalue weighted by molar-refractivity contribution is 5.49. The standard InChI is InChI=1S/C54H68N2O/c1-5-9-11-13-41-19-23-43(24-20-41)47-31-33-51(49(35-47)37-55)53(45-27-15-39(7-3)16-28-45)57-54(46-29-17-40(8-4)18-30-46)52-34-32-48(36-50(52)38-56)44-25-21-42(22-26-44)14-12-10-6-2/h15-18,27-36,41-44,53-54H,5-14,19-26H2,1-4H3. The molecule has 0 heterocycles. The van der Waals surface area contributed by atoms with Crippen LogP contribution in [0.3, 0.4) is 0 Å². The summed E-state index contributed by atoms with van der Waals surface area (Å²) in [6, 6.07) is 35.8. The average Bonchev–Trinajstić information content (AvgIpc) is 3.27. The van der Waals surface area contributed by atoms with Gasteiger partial charge in [0.05, 0.1) is 23.3 Å². The third-order valence-corrected chi connectivity index (χ3v) is 13.7. The molecule has 6 rings (SSSR count). The molecule has 3 heteroatoms. The van der Waals surface area contributed by atoms with Crippen molar-refractivity contribution in [2.75, 3.05) is 0 Å². The molecule has 2 saturated carbocycles. The minimum Gasteiger partial charge on any atom is -0.356 e. The summed E-state index contributed by atoms with van der Waals surface area (Å²) in [6.07, 6.45) is 21.5. The van der Waals surface area contributed by atoms with Crippen molar-refractivity contribution in [3.63, 3.8) is 0 Å². The topological polar surface area (TPSA) is 56.8 Å². The second-order valence-electron chi connectivity index (χ2n) is 17.4. The van der Waals surface area contributed by atoms with Gasteiger partial charge < -0.3 is 4.74 Å². The molecule has 2 aliphatic carbocycles. The summed E-state index contributed by atoms with van der Waals surface area (Å²) in [7, 11) is 0. The molecule has 0 amide bonds. The van der Waals surface area contributed by atoms with Gasteiger partial charge in [0.15, 0.2) is 0 Å². The van der Waals surface area contributed by atoms with E-state index in [-0.39, 0.29) is 0 Å². The first-order valence-electron chi connectivity index (χ1n) is 22.9. The maximum Gasteiger partial charge on any atom is 0.110 e. The van der Waals surface area contributed by atoms with Crippen molar-refractivity contribution in [3.05, 3.63) is 141 Å². The van der Waals surface area contributed by atoms with Gasteiger partial charge in [0.2, 0.25) is 0 Å². The van der Waals surface area contributed by atoms with Gasteiger partial charge in [0.1, 0.15) is 12.2 Å². The molecule has 0 saturated heterocycles. The Bertz CT molecular complexity index is 1770. The monoisotopic (exact) mass is 761 g/mol. The lowest BCUT2D eigenvalue weighted by Crippen LogP contribution is -2.17. The first-order valence-corrected chi connectivity index (χ1v) is 22.9. The Morgan fingerprint density at radius 1 is 0.509 bits per heavy atom. The number of unbranched alkanes of at least 4 members (excludes halogenated alkanes) is 4. The Morgan fingerprint density at radius 3 is 1.23 bits per heavy atom. The van der Waals surface area contributed by atoms with E-state index in [4.69, 9.17) is 4.74 Å². The molecule has 2 fully saturated rings. The maximum absolute atomic E-state index is 10.8. The van der Waals surface area contributed by atoms with E-state index in [1.165, 1.54) is 125 Å². The summed E-state index contributed by atoms with van der Waals surface area (Å²) < 4.78 is 7.42. The van der Waals surface area contributed by atoms with Crippen molar-refractivity contribution in [1.82, 2.24) is 0 Å². The number of ether oxygens (including phenoxy) is 1. The SMILES string of the molecule is CCCCCC1CCC(c2ccc(C(OC(c3ccc(CC)cc3)c3ccc(C4CCC(CCCCC)CC4)cc3C#N)c3ccc(CC)cc3)c(C#N)c2)CC1. The van der Waals surface area contributed by atoms with Crippen molar-refractivity contribution in [2.24, 2.45) is 11.8 Å². The lowest BCUT2D eigenvalue weighted by atomic mass is 9.76. The highest BCUT2D eigenvalue weighted by Gasteiger charge is 2.30. The van der Waals surface area contributed by atoms with Crippen LogP contribution < -0.4 is 0 Å². The summed E-state index contributed by atoms with van der Waals surface area (Å²) in [5, 5.41) is 21.5. The van der Waals surface area contributed by atoms with Gasteiger partial charge in [-0.15, -0.1) is 0 Å². The molecule has 0 spiro atoms. The highest BCUT2D eigenvalue weighted by atomic mass is 16.5. The summed E-state index contributed by atoms with van der Waals surface area (Å²) in [5.41, 5.74) is 10.3. The number of aryl methyl sites for hydroxylation is 2. The molecule has 0 bridgehead atoms. The minimum absolute atomic E-state index is 0.495. The van der Waals surface area contributed by atoms with E-state index in [1.54, 1.807) is 0 Å². The van der Waals surface area contributed by atoms with E-state index in [1.807, 2.05) is 0 Å². The van der Waals surface area contributed by atoms with Crippen molar-refractivity contribution in [3.8, 4) is 12.1 Å². The fourth-order valence-corrected chi connectivity index (χ4v) is 9.90. The molecule has 0 aliphatic heterocycles. The van der Waals surface area contributed by atoms with Gasteiger partial charge in [-0.05, 0) is 133 Å². The van der Waals surface area contributed by atoms with E-state index in [2.05, 4.69) is 125 Å². The minimum atomic E-state index is -0.501. The van der Waals surface area contributed by atoms with Crippen LogP contribution in [0.5, 0.6) is 0 Å². The molecule has 3 nitrogen and oxygen atoms in total. The highest BCUT2D eigenvalue weighted by Crippen LogP contribution is 2.43. The van der Waals surface area contributed by atoms with Crippen LogP contribution in [0.1, 0.15) is 210 Å². The molecular formula is C54H68N2O. The molecule has 0 N–H and O–H groups in total. The zero-order valence-electron chi connectivity index (χ0n) is 35.6. The molecule has 4 aromatic carbocycles. The van der Waals surface area contributed by atoms with E-state index < -0.39 is 12.2 Å². The van der Waals surface area contributed by atoms with Crippen LogP contribution in [0.25, 0.3) is 0 Å². The number of hydrogen-bond acceptors (Lipinski definition) is 3. The Morgan fingerprint density at radius 2 is 0.895 bits per heavy atom. The van der Waals surface area contributed by atoms with Crippen molar-refractivity contribution in [2.45, 2.75) is 167 Å². The van der Waals surface area contributed by atoms with Gasteiger partial charge in [-0.3, -0.25) is 0 Å². The maximum atomic E-state index is 10.8. The molecular weight excluding hydrogens is 693 g/mol. The van der Waals surface area contributed by atoms with Crippen LogP contribution in [0, 0.1) is 34.5 Å². The smallest absolute Gasteiger partial charge is 0.110 e. The quantitative estimate of drug-likeness (QED) is 0.0949. The van der Waals surface area contributed by atoms with Gasteiger partial charge in [0, 0.05) is 11.1 Å². The Kier molecular flexibility index (Phi) is 16.0. The number of nitriles is 2. The summed E-state index contributed by atoms with van der Waals surface area (Å²) in [5.74, 6) is 2.68. The predicted molar refractivity (Wildman–Crippen MR) is 236 cm³/mol. The molecule has 2 atom stereocenters. The van der Waals surface area contributed by atoms with Crippen LogP contribution in [-0.4, -0.2) is 0 Å². The lowest BCUT2D eigenvalue weighted by molar-refractivity contribution is 0.0305. The van der Waals surface area contributed by atoms with E-state index in [0.717, 1.165) is 46.9 Å². The molecule has 4 aromatic rings. The zero-order valence-corrected chi connectivity index (χ0v) is 35.6. The van der Waals surface area contributed by atoms with Gasteiger partial charge >= 0.3 is 0 Å². The number of benzene rings is 4. The van der Waals surface area contributed by atoms with E-state index in [0.29, 0.717) is 23.0 Å². The van der Waals surface area contributed by atoms with E-state index in [9.17, 15) is 10.5 Å². The van der Waals surface area contributed by atoms with Gasteiger partial charge in [0.25, 0.3) is 0 Å².